The molecule has 0 aromatic heterocycles. The SMILES string of the molecule is CN(C)c1ccc(C(Nc2cc(C(C)(C)C)cc(C(C)(C)C)c2O)C(P(=O)(O)O)P(=O)(O)O)cc1. The number of benzene rings is 2. The molecule has 2 rings (SSSR count). The second kappa shape index (κ2) is 9.89. The van der Waals surface area contributed by atoms with Crippen LogP contribution in [0.3, 0.4) is 0 Å². The minimum atomic E-state index is -5.31. The fourth-order valence-corrected chi connectivity index (χ4v) is 6.65. The second-order valence-corrected chi connectivity index (χ2v) is 15.0. The number of hydrogen-bond donors (Lipinski definition) is 6. The molecule has 9 nitrogen and oxygen atoms in total. The summed E-state index contributed by atoms with van der Waals surface area (Å²) in [7, 11) is -6.97. The average molecular weight is 529 g/mol. The monoisotopic (exact) mass is 528 g/mol. The van der Waals surface area contributed by atoms with Crippen LogP contribution in [-0.2, 0) is 20.0 Å². The van der Waals surface area contributed by atoms with Crippen LogP contribution in [0.5, 0.6) is 5.75 Å². The lowest BCUT2D eigenvalue weighted by atomic mass is 9.79. The van der Waals surface area contributed by atoms with Gasteiger partial charge in [-0.1, -0.05) is 59.7 Å². The van der Waals surface area contributed by atoms with Crippen LogP contribution in [0, 0.1) is 0 Å². The van der Waals surface area contributed by atoms with Crippen LogP contribution < -0.4 is 10.2 Å². The highest BCUT2D eigenvalue weighted by Gasteiger charge is 2.50. The molecular formula is C24H38N2O7P2. The molecule has 2 aromatic carbocycles. The van der Waals surface area contributed by atoms with Crippen molar-refractivity contribution in [2.24, 2.45) is 0 Å². The van der Waals surface area contributed by atoms with Gasteiger partial charge < -0.3 is 34.9 Å². The summed E-state index contributed by atoms with van der Waals surface area (Å²) in [6.07, 6.45) is 0. The summed E-state index contributed by atoms with van der Waals surface area (Å²) < 4.78 is 24.8. The summed E-state index contributed by atoms with van der Waals surface area (Å²) in [4.78, 5) is 41.9. The molecule has 0 aliphatic carbocycles. The maximum absolute atomic E-state index is 12.4. The lowest BCUT2D eigenvalue weighted by Crippen LogP contribution is -2.27. The van der Waals surface area contributed by atoms with Crippen molar-refractivity contribution < 1.29 is 33.8 Å². The van der Waals surface area contributed by atoms with Gasteiger partial charge in [0.15, 0.2) is 5.40 Å². The van der Waals surface area contributed by atoms with Gasteiger partial charge in [0.25, 0.3) is 0 Å². The highest BCUT2D eigenvalue weighted by atomic mass is 31.2. The number of hydrogen-bond acceptors (Lipinski definition) is 5. The van der Waals surface area contributed by atoms with Crippen molar-refractivity contribution in [3.8, 4) is 5.75 Å². The molecule has 0 aliphatic heterocycles. The lowest BCUT2D eigenvalue weighted by molar-refractivity contribution is 0.332. The molecule has 11 heteroatoms. The van der Waals surface area contributed by atoms with Gasteiger partial charge >= 0.3 is 15.2 Å². The average Bonchev–Trinajstić information content (AvgIpc) is 2.64. The summed E-state index contributed by atoms with van der Waals surface area (Å²) in [6.45, 7) is 11.7. The summed E-state index contributed by atoms with van der Waals surface area (Å²) >= 11 is 0. The molecule has 1 atom stereocenters. The smallest absolute Gasteiger partial charge is 0.343 e. The van der Waals surface area contributed by atoms with E-state index in [4.69, 9.17) is 0 Å². The summed E-state index contributed by atoms with van der Waals surface area (Å²) in [5, 5.41) is 11.7. The van der Waals surface area contributed by atoms with Crippen molar-refractivity contribution in [1.82, 2.24) is 0 Å². The van der Waals surface area contributed by atoms with Gasteiger partial charge in [-0.2, -0.15) is 0 Å². The standard InChI is InChI=1S/C24H38N2O7P2/c1-23(2,3)16-13-18(24(4,5)6)21(27)19(14-16)25-20(22(34(28,29)30)35(31,32)33)15-9-11-17(12-10-15)26(7)8/h9-14,20,22,25,27H,1-8H3,(H2,28,29,30)(H2,31,32,33). The lowest BCUT2D eigenvalue weighted by Gasteiger charge is -2.33. The first-order valence-corrected chi connectivity index (χ1v) is 14.5. The zero-order valence-electron chi connectivity index (χ0n) is 21.5. The third-order valence-corrected chi connectivity index (χ3v) is 9.63. The zero-order valence-corrected chi connectivity index (χ0v) is 23.3. The molecule has 1 unspecified atom stereocenters. The van der Waals surface area contributed by atoms with Gasteiger partial charge in [0.1, 0.15) is 5.75 Å². The van der Waals surface area contributed by atoms with Crippen LogP contribution in [-0.4, -0.2) is 44.2 Å². The Hall–Kier alpha value is -1.86. The summed E-state index contributed by atoms with van der Waals surface area (Å²) in [5.74, 6) is -0.143. The fraction of sp³-hybridized carbons (Fsp3) is 0.500. The predicted molar refractivity (Wildman–Crippen MR) is 141 cm³/mol. The molecule has 6 N–H and O–H groups in total. The van der Waals surface area contributed by atoms with Crippen LogP contribution in [0.1, 0.15) is 64.3 Å². The molecule has 0 aliphatic rings. The third kappa shape index (κ3) is 7.10. The van der Waals surface area contributed by atoms with Crippen molar-refractivity contribution in [3.63, 3.8) is 0 Å². The van der Waals surface area contributed by atoms with Gasteiger partial charge in [-0.3, -0.25) is 9.13 Å². The second-order valence-electron chi connectivity index (χ2n) is 11.1. The van der Waals surface area contributed by atoms with Crippen LogP contribution >= 0.6 is 15.2 Å². The predicted octanol–water partition coefficient (Wildman–Crippen LogP) is 4.89. The van der Waals surface area contributed by atoms with Crippen molar-refractivity contribution in [1.29, 1.82) is 0 Å². The first kappa shape index (κ1) is 29.4. The first-order valence-electron chi connectivity index (χ1n) is 11.2. The fourth-order valence-electron chi connectivity index (χ4n) is 3.81. The van der Waals surface area contributed by atoms with Gasteiger partial charge in [-0.05, 0) is 40.2 Å². The van der Waals surface area contributed by atoms with E-state index in [1.54, 1.807) is 30.3 Å². The Balaban J connectivity index is 2.82. The Morgan fingerprint density at radius 3 is 1.69 bits per heavy atom. The van der Waals surface area contributed by atoms with Gasteiger partial charge in [0.05, 0.1) is 11.7 Å². The zero-order chi connectivity index (χ0) is 27.1. The Labute approximate surface area is 207 Å². The van der Waals surface area contributed by atoms with Gasteiger partial charge in [-0.25, -0.2) is 0 Å². The van der Waals surface area contributed by atoms with Gasteiger partial charge in [0, 0.05) is 25.3 Å². The van der Waals surface area contributed by atoms with E-state index in [9.17, 15) is 33.8 Å². The molecule has 0 amide bonds. The molecule has 0 saturated carbocycles. The molecular weight excluding hydrogens is 490 g/mol. The van der Waals surface area contributed by atoms with E-state index >= 15 is 0 Å². The Kier molecular flexibility index (Phi) is 8.30. The van der Waals surface area contributed by atoms with Crippen molar-refractivity contribution >= 4 is 26.6 Å². The number of nitrogens with one attached hydrogen (secondary N) is 1. The van der Waals surface area contributed by atoms with Gasteiger partial charge in [-0.15, -0.1) is 0 Å². The molecule has 0 radical (unpaired) electrons. The Bertz CT molecular complexity index is 1120. The summed E-state index contributed by atoms with van der Waals surface area (Å²) in [5.41, 5.74) is 1.81. The largest absolute Gasteiger partial charge is 0.505 e. The van der Waals surface area contributed by atoms with E-state index in [0.29, 0.717) is 5.56 Å². The van der Waals surface area contributed by atoms with Crippen LogP contribution in [0.25, 0.3) is 0 Å². The number of rotatable bonds is 7. The van der Waals surface area contributed by atoms with E-state index in [0.717, 1.165) is 11.3 Å². The highest BCUT2D eigenvalue weighted by Crippen LogP contribution is 2.65. The maximum Gasteiger partial charge on any atom is 0.343 e. The number of nitrogens with zero attached hydrogens (tertiary/aromatic N) is 1. The molecule has 0 heterocycles. The molecule has 0 saturated heterocycles. The number of phenolic OH excluding ortho intramolecular Hbond substituents is 1. The molecule has 196 valence electrons. The Morgan fingerprint density at radius 1 is 0.829 bits per heavy atom. The first-order chi connectivity index (χ1) is 15.6. The van der Waals surface area contributed by atoms with Crippen LogP contribution in [0.15, 0.2) is 36.4 Å². The molecule has 2 aromatic rings. The molecule has 0 spiro atoms. The minimum Gasteiger partial charge on any atom is -0.505 e. The number of anilines is 2. The molecule has 0 fully saturated rings. The minimum absolute atomic E-state index is 0.135. The van der Waals surface area contributed by atoms with Crippen molar-refractivity contribution in [2.75, 3.05) is 24.3 Å². The Morgan fingerprint density at radius 2 is 1.31 bits per heavy atom. The van der Waals surface area contributed by atoms with E-state index < -0.39 is 32.0 Å². The van der Waals surface area contributed by atoms with Crippen LogP contribution in [0.4, 0.5) is 11.4 Å². The maximum atomic E-state index is 12.4. The van der Waals surface area contributed by atoms with E-state index in [-0.39, 0.29) is 22.4 Å². The molecule has 0 bridgehead atoms. The van der Waals surface area contributed by atoms with Crippen LogP contribution in [0.2, 0.25) is 0 Å². The van der Waals surface area contributed by atoms with E-state index in [1.165, 1.54) is 0 Å². The quantitative estimate of drug-likeness (QED) is 0.218. The van der Waals surface area contributed by atoms with E-state index in [1.807, 2.05) is 66.6 Å². The number of phenols is 1. The molecule has 35 heavy (non-hydrogen) atoms. The third-order valence-electron chi connectivity index (χ3n) is 5.85. The van der Waals surface area contributed by atoms with Crippen molar-refractivity contribution in [2.45, 2.75) is 63.8 Å². The van der Waals surface area contributed by atoms with Gasteiger partial charge in [0.2, 0.25) is 0 Å². The topological polar surface area (TPSA) is 151 Å². The van der Waals surface area contributed by atoms with E-state index in [2.05, 4.69) is 5.32 Å². The normalized spacial score (nSPS) is 14.2. The summed E-state index contributed by atoms with van der Waals surface area (Å²) in [6, 6.07) is 8.52. The van der Waals surface area contributed by atoms with Crippen molar-refractivity contribution in [3.05, 3.63) is 53.1 Å². The number of aromatic hydroxyl groups is 1. The highest BCUT2D eigenvalue weighted by molar-refractivity contribution is 7.71.